The summed E-state index contributed by atoms with van der Waals surface area (Å²) < 4.78 is 10.8. The minimum Gasteiger partial charge on any atom is -0.493 e. The van der Waals surface area contributed by atoms with Crippen LogP contribution >= 0.6 is 0 Å². The average molecular weight is 443 g/mol. The zero-order valence-electron chi connectivity index (χ0n) is 20.1. The van der Waals surface area contributed by atoms with E-state index in [1.807, 2.05) is 6.08 Å². The largest absolute Gasteiger partial charge is 0.493 e. The second kappa shape index (κ2) is 20.0. The third kappa shape index (κ3) is 14.2. The normalized spacial score (nSPS) is 22.4. The molecule has 0 aliphatic carbocycles. The molecule has 5 heteroatoms. The standard InChI is InChI=1S/C26H50O5/c1-2-3-4-5-6-7-8-9-10-11-12-13-14-15-16-17-18-19-20-30-24-22-31-26(25(24)29)23(28)21-27/h19-20,23-29H,2-18,21-22H2,1H3/b20-19+/t23-,24+,25-,26-/m0/s1. The zero-order chi connectivity index (χ0) is 22.6. The molecule has 1 fully saturated rings. The van der Waals surface area contributed by atoms with Gasteiger partial charge in [-0.25, -0.2) is 0 Å². The van der Waals surface area contributed by atoms with Crippen molar-refractivity contribution in [3.05, 3.63) is 12.3 Å². The Labute approximate surface area is 191 Å². The highest BCUT2D eigenvalue weighted by Crippen LogP contribution is 2.20. The maximum Gasteiger partial charge on any atom is 0.149 e. The highest BCUT2D eigenvalue weighted by Gasteiger charge is 2.40. The fourth-order valence-electron chi connectivity index (χ4n) is 4.21. The molecule has 0 unspecified atom stereocenters. The molecular formula is C26H50O5. The van der Waals surface area contributed by atoms with Gasteiger partial charge in [0.05, 0.1) is 19.5 Å². The third-order valence-corrected chi connectivity index (χ3v) is 6.31. The van der Waals surface area contributed by atoms with Gasteiger partial charge in [-0.2, -0.15) is 0 Å². The number of aliphatic hydroxyl groups excluding tert-OH is 3. The highest BCUT2D eigenvalue weighted by atomic mass is 16.6. The minimum absolute atomic E-state index is 0.228. The van der Waals surface area contributed by atoms with E-state index in [4.69, 9.17) is 14.6 Å². The highest BCUT2D eigenvalue weighted by molar-refractivity contribution is 4.90. The maximum atomic E-state index is 10.0. The van der Waals surface area contributed by atoms with Crippen LogP contribution in [0.3, 0.4) is 0 Å². The molecule has 1 aliphatic rings. The van der Waals surface area contributed by atoms with Crippen LogP contribution in [-0.4, -0.2) is 52.9 Å². The summed E-state index contributed by atoms with van der Waals surface area (Å²) in [6.45, 7) is 2.08. The maximum absolute atomic E-state index is 10.0. The van der Waals surface area contributed by atoms with Crippen LogP contribution in [0.15, 0.2) is 12.3 Å². The fraction of sp³-hybridized carbons (Fsp3) is 0.923. The van der Waals surface area contributed by atoms with Crippen molar-refractivity contribution >= 4 is 0 Å². The molecule has 0 aromatic rings. The van der Waals surface area contributed by atoms with Crippen LogP contribution in [0.4, 0.5) is 0 Å². The Morgan fingerprint density at radius 1 is 0.839 bits per heavy atom. The monoisotopic (exact) mass is 442 g/mol. The van der Waals surface area contributed by atoms with E-state index in [0.29, 0.717) is 0 Å². The van der Waals surface area contributed by atoms with Crippen LogP contribution < -0.4 is 0 Å². The molecule has 0 radical (unpaired) electrons. The quantitative estimate of drug-likeness (QED) is 0.158. The molecule has 1 heterocycles. The number of aliphatic hydroxyl groups is 3. The molecule has 1 saturated heterocycles. The van der Waals surface area contributed by atoms with E-state index in [1.54, 1.807) is 6.26 Å². The molecule has 31 heavy (non-hydrogen) atoms. The summed E-state index contributed by atoms with van der Waals surface area (Å²) in [5.74, 6) is 0. The van der Waals surface area contributed by atoms with Crippen molar-refractivity contribution in [3.63, 3.8) is 0 Å². The van der Waals surface area contributed by atoms with Crippen molar-refractivity contribution in [3.8, 4) is 0 Å². The molecule has 0 bridgehead atoms. The molecule has 4 atom stereocenters. The van der Waals surface area contributed by atoms with Crippen LogP contribution in [0.2, 0.25) is 0 Å². The van der Waals surface area contributed by atoms with E-state index < -0.39 is 31.0 Å². The van der Waals surface area contributed by atoms with Crippen molar-refractivity contribution < 1.29 is 24.8 Å². The molecule has 184 valence electrons. The van der Waals surface area contributed by atoms with Gasteiger partial charge in [-0.3, -0.25) is 0 Å². The molecule has 0 saturated carbocycles. The van der Waals surface area contributed by atoms with Gasteiger partial charge < -0.3 is 24.8 Å². The van der Waals surface area contributed by atoms with E-state index in [9.17, 15) is 10.2 Å². The molecule has 0 aromatic carbocycles. The van der Waals surface area contributed by atoms with Crippen molar-refractivity contribution in [1.29, 1.82) is 0 Å². The van der Waals surface area contributed by atoms with E-state index in [1.165, 1.54) is 96.3 Å². The van der Waals surface area contributed by atoms with Crippen molar-refractivity contribution in [2.75, 3.05) is 13.2 Å². The van der Waals surface area contributed by atoms with Gasteiger partial charge in [0.15, 0.2) is 0 Å². The Kier molecular flexibility index (Phi) is 18.3. The number of hydrogen-bond donors (Lipinski definition) is 3. The third-order valence-electron chi connectivity index (χ3n) is 6.31. The molecule has 1 aliphatic heterocycles. The second-order valence-corrected chi connectivity index (χ2v) is 9.18. The van der Waals surface area contributed by atoms with Gasteiger partial charge in [0.25, 0.3) is 0 Å². The summed E-state index contributed by atoms with van der Waals surface area (Å²) in [5.41, 5.74) is 0. The van der Waals surface area contributed by atoms with Gasteiger partial charge in [0, 0.05) is 0 Å². The fourth-order valence-corrected chi connectivity index (χ4v) is 4.21. The summed E-state index contributed by atoms with van der Waals surface area (Å²) in [6, 6.07) is 0. The molecule has 5 nitrogen and oxygen atoms in total. The van der Waals surface area contributed by atoms with Gasteiger partial charge in [-0.15, -0.1) is 0 Å². The van der Waals surface area contributed by atoms with Crippen molar-refractivity contribution in [2.24, 2.45) is 0 Å². The topological polar surface area (TPSA) is 79.2 Å². The smallest absolute Gasteiger partial charge is 0.149 e. The summed E-state index contributed by atoms with van der Waals surface area (Å²) in [5, 5.41) is 28.6. The van der Waals surface area contributed by atoms with E-state index >= 15 is 0 Å². The lowest BCUT2D eigenvalue weighted by atomic mass is 10.0. The van der Waals surface area contributed by atoms with Crippen LogP contribution in [0.25, 0.3) is 0 Å². The van der Waals surface area contributed by atoms with Crippen molar-refractivity contribution in [1.82, 2.24) is 0 Å². The van der Waals surface area contributed by atoms with Gasteiger partial charge in [0.1, 0.15) is 24.4 Å². The van der Waals surface area contributed by atoms with E-state index in [2.05, 4.69) is 6.92 Å². The Morgan fingerprint density at radius 3 is 1.81 bits per heavy atom. The van der Waals surface area contributed by atoms with Crippen LogP contribution in [0.5, 0.6) is 0 Å². The molecule has 0 amide bonds. The molecule has 1 rings (SSSR count). The summed E-state index contributed by atoms with van der Waals surface area (Å²) in [7, 11) is 0. The van der Waals surface area contributed by atoms with Crippen LogP contribution in [0.1, 0.15) is 116 Å². The Hall–Kier alpha value is -0.620. The molecule has 0 spiro atoms. The first-order valence-electron chi connectivity index (χ1n) is 13.1. The number of unbranched alkanes of at least 4 members (excludes halogenated alkanes) is 16. The second-order valence-electron chi connectivity index (χ2n) is 9.18. The Morgan fingerprint density at radius 2 is 1.32 bits per heavy atom. The first-order chi connectivity index (χ1) is 15.2. The number of hydrogen-bond acceptors (Lipinski definition) is 5. The molecular weight excluding hydrogens is 392 g/mol. The van der Waals surface area contributed by atoms with E-state index in [-0.39, 0.29) is 6.61 Å². The lowest BCUT2D eigenvalue weighted by Gasteiger charge is -2.20. The number of ether oxygens (including phenoxy) is 2. The lowest BCUT2D eigenvalue weighted by molar-refractivity contribution is -0.0689. The Bertz CT molecular complexity index is 415. The minimum atomic E-state index is -1.07. The summed E-state index contributed by atoms with van der Waals surface area (Å²) >= 11 is 0. The SMILES string of the molecule is CCCCCCCCCCCCCCCCCC/C=C/O[C@@H]1CO[C@@H]([C@@H](O)CO)[C@H]1O. The van der Waals surface area contributed by atoms with Gasteiger partial charge in [0.2, 0.25) is 0 Å². The average Bonchev–Trinajstić information content (AvgIpc) is 3.15. The summed E-state index contributed by atoms with van der Waals surface area (Å²) in [4.78, 5) is 0. The first-order valence-corrected chi connectivity index (χ1v) is 13.1. The van der Waals surface area contributed by atoms with Crippen LogP contribution in [0, 0.1) is 0 Å². The Balaban J connectivity index is 1.81. The van der Waals surface area contributed by atoms with Gasteiger partial charge in [-0.1, -0.05) is 103 Å². The number of allylic oxidation sites excluding steroid dienone is 1. The van der Waals surface area contributed by atoms with E-state index in [0.717, 1.165) is 12.8 Å². The first kappa shape index (κ1) is 28.4. The molecule has 0 aromatic heterocycles. The summed E-state index contributed by atoms with van der Waals surface area (Å²) in [6.07, 6.45) is 23.4. The predicted molar refractivity (Wildman–Crippen MR) is 127 cm³/mol. The number of rotatable bonds is 21. The van der Waals surface area contributed by atoms with Crippen LogP contribution in [-0.2, 0) is 9.47 Å². The van der Waals surface area contributed by atoms with Gasteiger partial charge >= 0.3 is 0 Å². The molecule has 3 N–H and O–H groups in total. The predicted octanol–water partition coefficient (Wildman–Crippen LogP) is 5.65. The zero-order valence-corrected chi connectivity index (χ0v) is 20.1. The van der Waals surface area contributed by atoms with Crippen molar-refractivity contribution in [2.45, 2.75) is 140 Å². The van der Waals surface area contributed by atoms with Gasteiger partial charge in [-0.05, 0) is 18.9 Å². The lowest BCUT2D eigenvalue weighted by Crippen LogP contribution is -2.40.